The van der Waals surface area contributed by atoms with Crippen LogP contribution in [0.3, 0.4) is 0 Å². The number of amides is 1. The lowest BCUT2D eigenvalue weighted by molar-refractivity contribution is -0.132. The Morgan fingerprint density at radius 1 is 1.29 bits per heavy atom. The molecule has 1 heterocycles. The van der Waals surface area contributed by atoms with Gasteiger partial charge in [-0.3, -0.25) is 4.79 Å². The lowest BCUT2D eigenvalue weighted by atomic mass is 9.96. The molecule has 112 valence electrons. The highest BCUT2D eigenvalue weighted by molar-refractivity contribution is 5.89. The molecule has 1 aromatic rings. The van der Waals surface area contributed by atoms with Crippen molar-refractivity contribution in [2.75, 3.05) is 13.1 Å². The Balaban J connectivity index is 1.90. The van der Waals surface area contributed by atoms with Gasteiger partial charge in [0.05, 0.1) is 5.56 Å². The molecule has 0 saturated carbocycles. The molecule has 1 saturated heterocycles. The third-order valence-electron chi connectivity index (χ3n) is 4.08. The summed E-state index contributed by atoms with van der Waals surface area (Å²) in [5, 5.41) is 9.13. The van der Waals surface area contributed by atoms with Crippen LogP contribution in [0.2, 0.25) is 0 Å². The molecule has 0 aromatic heterocycles. The number of hydrogen-bond acceptors (Lipinski definition) is 2. The minimum Gasteiger partial charge on any atom is -0.478 e. The summed E-state index contributed by atoms with van der Waals surface area (Å²) >= 11 is 0. The number of benzene rings is 1. The van der Waals surface area contributed by atoms with Crippen LogP contribution in [0.25, 0.3) is 0 Å². The molecule has 1 N–H and O–H groups in total. The van der Waals surface area contributed by atoms with E-state index >= 15 is 0 Å². The number of hydrogen-bond donors (Lipinski definition) is 1. The number of nitrogens with zero attached hydrogens (tertiary/aromatic N) is 1. The van der Waals surface area contributed by atoms with Gasteiger partial charge in [0.1, 0.15) is 0 Å². The standard InChI is InChI=1S/C17H21NO3/c1-2-13-9-11-18(12-10-13)16(19)8-7-14-5-3-4-6-15(14)17(20)21/h2-6,13H,1,7-12H2,(H,20,21). The number of rotatable bonds is 5. The Bertz CT molecular complexity index is 531. The molecular formula is C17H21NO3. The van der Waals surface area contributed by atoms with Crippen LogP contribution in [0.15, 0.2) is 36.9 Å². The van der Waals surface area contributed by atoms with E-state index in [0.29, 0.717) is 18.8 Å². The lowest BCUT2D eigenvalue weighted by Crippen LogP contribution is -2.38. The van der Waals surface area contributed by atoms with Crippen molar-refractivity contribution in [3.8, 4) is 0 Å². The number of allylic oxidation sites excluding steroid dienone is 1. The maximum Gasteiger partial charge on any atom is 0.335 e. The van der Waals surface area contributed by atoms with Crippen molar-refractivity contribution < 1.29 is 14.7 Å². The summed E-state index contributed by atoms with van der Waals surface area (Å²) in [6, 6.07) is 6.87. The fourth-order valence-electron chi connectivity index (χ4n) is 2.73. The largest absolute Gasteiger partial charge is 0.478 e. The Hall–Kier alpha value is -2.10. The summed E-state index contributed by atoms with van der Waals surface area (Å²) in [5.74, 6) is -0.315. The van der Waals surface area contributed by atoms with Crippen molar-refractivity contribution in [3.05, 3.63) is 48.0 Å². The summed E-state index contributed by atoms with van der Waals surface area (Å²) in [5.41, 5.74) is 1.01. The fraction of sp³-hybridized carbons (Fsp3) is 0.412. The van der Waals surface area contributed by atoms with Gasteiger partial charge in [0.15, 0.2) is 0 Å². The van der Waals surface area contributed by atoms with Crippen LogP contribution in [-0.2, 0) is 11.2 Å². The number of carboxylic acids is 1. The van der Waals surface area contributed by atoms with Crippen molar-refractivity contribution in [1.82, 2.24) is 4.90 Å². The molecule has 21 heavy (non-hydrogen) atoms. The van der Waals surface area contributed by atoms with Gasteiger partial charge in [-0.15, -0.1) is 6.58 Å². The van der Waals surface area contributed by atoms with Crippen molar-refractivity contribution >= 4 is 11.9 Å². The van der Waals surface area contributed by atoms with E-state index in [1.165, 1.54) is 0 Å². The van der Waals surface area contributed by atoms with Crippen LogP contribution >= 0.6 is 0 Å². The lowest BCUT2D eigenvalue weighted by Gasteiger charge is -2.30. The Kier molecular flexibility index (Phi) is 5.14. The van der Waals surface area contributed by atoms with Gasteiger partial charge < -0.3 is 10.0 Å². The molecule has 0 aliphatic carbocycles. The first-order chi connectivity index (χ1) is 10.1. The summed E-state index contributed by atoms with van der Waals surface area (Å²) in [6.45, 7) is 5.35. The SMILES string of the molecule is C=CC1CCN(C(=O)CCc2ccccc2C(=O)O)CC1. The van der Waals surface area contributed by atoms with E-state index in [2.05, 4.69) is 6.58 Å². The molecule has 0 atom stereocenters. The minimum atomic E-state index is -0.940. The van der Waals surface area contributed by atoms with E-state index < -0.39 is 5.97 Å². The van der Waals surface area contributed by atoms with Crippen molar-refractivity contribution in [1.29, 1.82) is 0 Å². The predicted octanol–water partition coefficient (Wildman–Crippen LogP) is 2.74. The average Bonchev–Trinajstić information content (AvgIpc) is 2.52. The second kappa shape index (κ2) is 7.07. The van der Waals surface area contributed by atoms with E-state index in [1.807, 2.05) is 17.0 Å². The van der Waals surface area contributed by atoms with Gasteiger partial charge >= 0.3 is 5.97 Å². The highest BCUT2D eigenvalue weighted by Crippen LogP contribution is 2.19. The molecule has 0 unspecified atom stereocenters. The van der Waals surface area contributed by atoms with Crippen LogP contribution in [0.5, 0.6) is 0 Å². The number of aromatic carboxylic acids is 1. The Morgan fingerprint density at radius 3 is 2.57 bits per heavy atom. The van der Waals surface area contributed by atoms with Crippen LogP contribution in [0, 0.1) is 5.92 Å². The number of likely N-dealkylation sites (tertiary alicyclic amines) is 1. The molecule has 0 radical (unpaired) electrons. The zero-order chi connectivity index (χ0) is 15.2. The third kappa shape index (κ3) is 3.94. The Labute approximate surface area is 125 Å². The molecule has 4 nitrogen and oxygen atoms in total. The van der Waals surface area contributed by atoms with Gasteiger partial charge in [-0.2, -0.15) is 0 Å². The molecule has 1 aliphatic rings. The fourth-order valence-corrected chi connectivity index (χ4v) is 2.73. The van der Waals surface area contributed by atoms with E-state index in [9.17, 15) is 9.59 Å². The average molecular weight is 287 g/mol. The normalized spacial score (nSPS) is 15.7. The van der Waals surface area contributed by atoms with E-state index in [0.717, 1.165) is 31.5 Å². The van der Waals surface area contributed by atoms with E-state index in [4.69, 9.17) is 5.11 Å². The second-order valence-electron chi connectivity index (χ2n) is 5.42. The van der Waals surface area contributed by atoms with Crippen molar-refractivity contribution in [2.24, 2.45) is 5.92 Å². The zero-order valence-electron chi connectivity index (χ0n) is 12.1. The summed E-state index contributed by atoms with van der Waals surface area (Å²) < 4.78 is 0. The predicted molar refractivity (Wildman–Crippen MR) is 81.2 cm³/mol. The van der Waals surface area contributed by atoms with Crippen molar-refractivity contribution in [2.45, 2.75) is 25.7 Å². The molecular weight excluding hydrogens is 266 g/mol. The molecule has 0 spiro atoms. The molecule has 1 aromatic carbocycles. The van der Waals surface area contributed by atoms with Gasteiger partial charge in [-0.25, -0.2) is 4.79 Å². The monoisotopic (exact) mass is 287 g/mol. The molecule has 0 bridgehead atoms. The zero-order valence-corrected chi connectivity index (χ0v) is 12.1. The number of carbonyl (C=O) groups excluding carboxylic acids is 1. The van der Waals surface area contributed by atoms with Gasteiger partial charge in [-0.1, -0.05) is 24.3 Å². The van der Waals surface area contributed by atoms with E-state index in [-0.39, 0.29) is 11.5 Å². The molecule has 1 fully saturated rings. The maximum absolute atomic E-state index is 12.2. The second-order valence-corrected chi connectivity index (χ2v) is 5.42. The summed E-state index contributed by atoms with van der Waals surface area (Å²) in [7, 11) is 0. The molecule has 1 aliphatic heterocycles. The highest BCUT2D eigenvalue weighted by Gasteiger charge is 2.21. The van der Waals surface area contributed by atoms with Crippen LogP contribution in [0.4, 0.5) is 0 Å². The van der Waals surface area contributed by atoms with Crippen LogP contribution < -0.4 is 0 Å². The summed E-state index contributed by atoms with van der Waals surface area (Å²) in [6.07, 6.45) is 4.75. The van der Waals surface area contributed by atoms with E-state index in [1.54, 1.807) is 18.2 Å². The first-order valence-electron chi connectivity index (χ1n) is 7.33. The smallest absolute Gasteiger partial charge is 0.335 e. The maximum atomic E-state index is 12.2. The van der Waals surface area contributed by atoms with Crippen LogP contribution in [-0.4, -0.2) is 35.0 Å². The Morgan fingerprint density at radius 2 is 1.95 bits per heavy atom. The first-order valence-corrected chi connectivity index (χ1v) is 7.33. The highest BCUT2D eigenvalue weighted by atomic mass is 16.4. The molecule has 1 amide bonds. The topological polar surface area (TPSA) is 57.6 Å². The number of piperidine rings is 1. The third-order valence-corrected chi connectivity index (χ3v) is 4.08. The number of carboxylic acid groups (broad SMARTS) is 1. The molecule has 2 rings (SSSR count). The van der Waals surface area contributed by atoms with Gasteiger partial charge in [0.2, 0.25) is 5.91 Å². The minimum absolute atomic E-state index is 0.109. The van der Waals surface area contributed by atoms with Gasteiger partial charge in [0.25, 0.3) is 0 Å². The van der Waals surface area contributed by atoms with Gasteiger partial charge in [-0.05, 0) is 36.8 Å². The van der Waals surface area contributed by atoms with Crippen LogP contribution in [0.1, 0.15) is 35.2 Å². The summed E-state index contributed by atoms with van der Waals surface area (Å²) in [4.78, 5) is 25.2. The van der Waals surface area contributed by atoms with Gasteiger partial charge in [0, 0.05) is 19.5 Å². The molecule has 4 heteroatoms. The number of aryl methyl sites for hydroxylation is 1. The first kappa shape index (κ1) is 15.3. The number of carbonyl (C=O) groups is 2. The van der Waals surface area contributed by atoms with Crippen molar-refractivity contribution in [3.63, 3.8) is 0 Å². The quantitative estimate of drug-likeness (QED) is 0.847.